The predicted octanol–water partition coefficient (Wildman–Crippen LogP) is -2.19. The van der Waals surface area contributed by atoms with Crippen LogP contribution in [-0.2, 0) is 51.2 Å². The van der Waals surface area contributed by atoms with Crippen molar-refractivity contribution in [3.05, 3.63) is 65.7 Å². The third kappa shape index (κ3) is 15.5. The average Bonchev–Trinajstić information content (AvgIpc) is 3.15. The van der Waals surface area contributed by atoms with Crippen molar-refractivity contribution in [2.45, 2.75) is 89.6 Å². The number of phenolic OH excluding ortho intramolecular Hbond substituents is 1. The van der Waals surface area contributed by atoms with E-state index >= 15 is 0 Å². The van der Waals surface area contributed by atoms with Gasteiger partial charge in [-0.05, 0) is 48.4 Å². The maximum Gasteiger partial charge on any atom is 0.243 e. The van der Waals surface area contributed by atoms with Crippen LogP contribution < -0.4 is 43.4 Å². The molecule has 0 aliphatic carbocycles. The molecule has 2 aromatic rings. The zero-order chi connectivity index (χ0) is 41.9. The second kappa shape index (κ2) is 23.1. The van der Waals surface area contributed by atoms with Crippen LogP contribution in [0.15, 0.2) is 54.6 Å². The van der Waals surface area contributed by atoms with E-state index in [1.54, 1.807) is 51.1 Å². The molecular weight excluding hydrogens is 728 g/mol. The lowest BCUT2D eigenvalue weighted by molar-refractivity contribution is -0.137. The number of rotatable bonds is 23. The monoisotopic (exact) mass is 782 g/mol. The van der Waals surface area contributed by atoms with E-state index < -0.39 is 102 Å². The number of aliphatic hydroxyl groups is 1. The number of amides is 7. The van der Waals surface area contributed by atoms with Gasteiger partial charge in [0.05, 0.1) is 19.0 Å². The van der Waals surface area contributed by atoms with Gasteiger partial charge in [0.1, 0.15) is 42.2 Å². The number of aldehydes is 1. The third-order valence-corrected chi connectivity index (χ3v) is 8.72. The Kier molecular flexibility index (Phi) is 19.1. The number of hydrogen-bond donors (Lipinski definition) is 10. The van der Waals surface area contributed by atoms with Crippen molar-refractivity contribution in [2.75, 3.05) is 13.2 Å². The fourth-order valence-electron chi connectivity index (χ4n) is 5.56. The number of carbonyl (C=O) groups is 8. The average molecular weight is 783 g/mol. The van der Waals surface area contributed by atoms with E-state index in [4.69, 9.17) is 11.5 Å². The summed E-state index contributed by atoms with van der Waals surface area (Å²) in [6, 6.07) is 7.04. The number of primary amides is 1. The SMILES string of the molecule is CC(C)[C@H](NC(=O)[C@H](CC(N)=O)NC(=O)[C@@H](NC(=O)[C@H](Cc1ccc(O)cc1)NC(=O)CN)[C@@H](C)CCO)C(=O)N[C@@H](Cc1ccccc1)C(=O)N[C@@H](C)C=O. The van der Waals surface area contributed by atoms with Crippen molar-refractivity contribution in [3.8, 4) is 5.75 Å². The smallest absolute Gasteiger partial charge is 0.243 e. The number of aromatic hydroxyl groups is 1. The van der Waals surface area contributed by atoms with Gasteiger partial charge in [0, 0.05) is 19.4 Å². The van der Waals surface area contributed by atoms with Crippen molar-refractivity contribution >= 4 is 47.6 Å². The van der Waals surface area contributed by atoms with E-state index in [2.05, 4.69) is 31.9 Å². The maximum absolute atomic E-state index is 13.8. The topological polar surface area (TPSA) is 301 Å². The highest BCUT2D eigenvalue weighted by molar-refractivity contribution is 5.98. The number of nitrogens with two attached hydrogens (primary N) is 2. The van der Waals surface area contributed by atoms with Gasteiger partial charge in [0.2, 0.25) is 41.4 Å². The van der Waals surface area contributed by atoms with Crippen molar-refractivity contribution in [2.24, 2.45) is 23.3 Å². The van der Waals surface area contributed by atoms with Crippen LogP contribution in [0.4, 0.5) is 0 Å². The summed E-state index contributed by atoms with van der Waals surface area (Å²) < 4.78 is 0. The van der Waals surface area contributed by atoms with Gasteiger partial charge in [-0.3, -0.25) is 33.6 Å². The molecule has 0 saturated heterocycles. The first-order chi connectivity index (χ1) is 26.5. The standard InChI is InChI=1S/C38H54N8O10/c1-21(2)32(37(55)43-28(34(52)41-23(4)20-48)16-24-8-6-5-7-9-24)45-36(54)29(18-30(40)50)44-38(56)33(22(3)14-15-47)46-35(53)27(42-31(51)19-39)17-25-10-12-26(49)13-11-25/h5-13,20-23,27-29,32-33,47,49H,14-19,39H2,1-4H3,(H2,40,50)(H,41,52)(H,42,51)(H,43,55)(H,44,56)(H,45,54)(H,46,53)/t22-,23-,27-,28-,29-,32-,33-/m0/s1. The van der Waals surface area contributed by atoms with Crippen LogP contribution in [0.2, 0.25) is 0 Å². The van der Waals surface area contributed by atoms with Crippen molar-refractivity contribution in [1.29, 1.82) is 0 Å². The second-order valence-electron chi connectivity index (χ2n) is 13.8. The molecule has 2 rings (SSSR count). The Balaban J connectivity index is 2.34. The molecule has 0 spiro atoms. The Morgan fingerprint density at radius 1 is 0.661 bits per heavy atom. The van der Waals surface area contributed by atoms with E-state index in [9.17, 15) is 48.6 Å². The van der Waals surface area contributed by atoms with Crippen LogP contribution in [-0.4, -0.2) is 107 Å². The minimum Gasteiger partial charge on any atom is -0.508 e. The molecule has 0 aromatic heterocycles. The number of phenols is 1. The molecule has 56 heavy (non-hydrogen) atoms. The van der Waals surface area contributed by atoms with Crippen molar-refractivity contribution in [1.82, 2.24) is 31.9 Å². The van der Waals surface area contributed by atoms with E-state index in [0.29, 0.717) is 17.4 Å². The molecule has 0 heterocycles. The first kappa shape index (κ1) is 46.3. The summed E-state index contributed by atoms with van der Waals surface area (Å²) in [5.41, 5.74) is 12.1. The molecule has 0 saturated carbocycles. The van der Waals surface area contributed by atoms with E-state index in [1.807, 2.05) is 0 Å². The second-order valence-corrected chi connectivity index (χ2v) is 13.8. The van der Waals surface area contributed by atoms with Crippen LogP contribution in [0.3, 0.4) is 0 Å². The van der Waals surface area contributed by atoms with Crippen LogP contribution >= 0.6 is 0 Å². The Morgan fingerprint density at radius 2 is 1.16 bits per heavy atom. The Hall–Kier alpha value is -5.88. The number of benzene rings is 2. The summed E-state index contributed by atoms with van der Waals surface area (Å²) in [6.45, 7) is 5.43. The molecule has 0 aliphatic rings. The van der Waals surface area contributed by atoms with Gasteiger partial charge < -0.3 is 58.4 Å². The lowest BCUT2D eigenvalue weighted by Gasteiger charge is -2.30. The molecule has 7 atom stereocenters. The van der Waals surface area contributed by atoms with Gasteiger partial charge in [-0.25, -0.2) is 0 Å². The lowest BCUT2D eigenvalue weighted by atomic mass is 9.96. The Labute approximate surface area is 325 Å². The molecule has 0 unspecified atom stereocenters. The molecular formula is C38H54N8O10. The number of carbonyl (C=O) groups excluding carboxylic acids is 8. The first-order valence-corrected chi connectivity index (χ1v) is 18.2. The van der Waals surface area contributed by atoms with Gasteiger partial charge >= 0.3 is 0 Å². The fraction of sp³-hybridized carbons (Fsp3) is 0.474. The fourth-order valence-corrected chi connectivity index (χ4v) is 5.56. The zero-order valence-electron chi connectivity index (χ0n) is 32.0. The highest BCUT2D eigenvalue weighted by Gasteiger charge is 2.36. The van der Waals surface area contributed by atoms with Gasteiger partial charge in [-0.2, -0.15) is 0 Å². The highest BCUT2D eigenvalue weighted by Crippen LogP contribution is 2.14. The summed E-state index contributed by atoms with van der Waals surface area (Å²) >= 11 is 0. The summed E-state index contributed by atoms with van der Waals surface area (Å²) in [7, 11) is 0. The highest BCUT2D eigenvalue weighted by atomic mass is 16.3. The number of hydrogen-bond acceptors (Lipinski definition) is 11. The molecule has 18 heteroatoms. The Morgan fingerprint density at radius 3 is 1.70 bits per heavy atom. The summed E-state index contributed by atoms with van der Waals surface area (Å²) in [4.78, 5) is 104. The molecule has 2 aromatic carbocycles. The van der Waals surface area contributed by atoms with Crippen molar-refractivity contribution in [3.63, 3.8) is 0 Å². The van der Waals surface area contributed by atoms with Gasteiger partial charge in [0.15, 0.2) is 0 Å². The first-order valence-electron chi connectivity index (χ1n) is 18.2. The molecule has 0 fully saturated rings. The quantitative estimate of drug-likeness (QED) is 0.0541. The van der Waals surface area contributed by atoms with Crippen molar-refractivity contribution < 1.29 is 48.6 Å². The van der Waals surface area contributed by atoms with Crippen LogP contribution in [0, 0.1) is 11.8 Å². The van der Waals surface area contributed by atoms with E-state index in [1.165, 1.54) is 31.2 Å². The zero-order valence-corrected chi connectivity index (χ0v) is 32.0. The number of nitrogens with one attached hydrogen (secondary N) is 6. The Bertz CT molecular complexity index is 1660. The van der Waals surface area contributed by atoms with Gasteiger partial charge in [0.25, 0.3) is 0 Å². The molecule has 0 bridgehead atoms. The predicted molar refractivity (Wildman–Crippen MR) is 204 cm³/mol. The third-order valence-electron chi connectivity index (χ3n) is 8.72. The van der Waals surface area contributed by atoms with E-state index in [-0.39, 0.29) is 31.6 Å². The van der Waals surface area contributed by atoms with Crippen LogP contribution in [0.5, 0.6) is 5.75 Å². The number of aliphatic hydroxyl groups excluding tert-OH is 1. The molecule has 0 aliphatic heterocycles. The maximum atomic E-state index is 13.8. The molecule has 12 N–H and O–H groups in total. The van der Waals surface area contributed by atoms with Crippen LogP contribution in [0.25, 0.3) is 0 Å². The van der Waals surface area contributed by atoms with Gasteiger partial charge in [-0.15, -0.1) is 0 Å². The molecule has 18 nitrogen and oxygen atoms in total. The molecule has 0 radical (unpaired) electrons. The normalized spacial score (nSPS) is 14.7. The lowest BCUT2D eigenvalue weighted by Crippen LogP contribution is -2.61. The van der Waals surface area contributed by atoms with Crippen LogP contribution in [0.1, 0.15) is 51.7 Å². The summed E-state index contributed by atoms with van der Waals surface area (Å²) in [6.07, 6.45) is -0.177. The van der Waals surface area contributed by atoms with Gasteiger partial charge in [-0.1, -0.05) is 63.2 Å². The minimum absolute atomic E-state index is 0.0157. The largest absolute Gasteiger partial charge is 0.508 e. The summed E-state index contributed by atoms with van der Waals surface area (Å²) in [5.74, 6) is -7.15. The molecule has 306 valence electrons. The van der Waals surface area contributed by atoms with E-state index in [0.717, 1.165) is 0 Å². The molecule has 7 amide bonds. The summed E-state index contributed by atoms with van der Waals surface area (Å²) in [5, 5.41) is 34.5. The minimum atomic E-state index is -1.64.